The summed E-state index contributed by atoms with van der Waals surface area (Å²) in [6.07, 6.45) is 0. The Hall–Kier alpha value is -0.580. The number of nitrogen functional groups attached to an aromatic ring is 1. The van der Waals surface area contributed by atoms with Crippen LogP contribution in [0.3, 0.4) is 0 Å². The molecule has 1 fully saturated rings. The SMILES string of the molecule is CC1CSCCN1C(=O)c1cc(N)cc(Cl)c1Cl. The topological polar surface area (TPSA) is 46.3 Å². The Labute approximate surface area is 121 Å². The minimum atomic E-state index is -0.0954. The summed E-state index contributed by atoms with van der Waals surface area (Å²) in [4.78, 5) is 14.3. The van der Waals surface area contributed by atoms with Crippen LogP contribution in [-0.4, -0.2) is 34.9 Å². The number of nitrogens with zero attached hydrogens (tertiary/aromatic N) is 1. The van der Waals surface area contributed by atoms with Gasteiger partial charge >= 0.3 is 0 Å². The lowest BCUT2D eigenvalue weighted by atomic mass is 10.1. The fraction of sp³-hybridized carbons (Fsp3) is 0.417. The van der Waals surface area contributed by atoms with Crippen molar-refractivity contribution in [3.8, 4) is 0 Å². The second-order valence-corrected chi connectivity index (χ2v) is 6.22. The van der Waals surface area contributed by atoms with Gasteiger partial charge in [-0.25, -0.2) is 0 Å². The van der Waals surface area contributed by atoms with Crippen LogP contribution in [0.15, 0.2) is 12.1 Å². The third kappa shape index (κ3) is 2.71. The molecule has 98 valence electrons. The molecular formula is C12H14Cl2N2OS. The zero-order valence-electron chi connectivity index (χ0n) is 9.95. The molecule has 2 N–H and O–H groups in total. The molecule has 1 aromatic carbocycles. The molecule has 0 radical (unpaired) electrons. The summed E-state index contributed by atoms with van der Waals surface area (Å²) in [6, 6.07) is 3.34. The Bertz CT molecular complexity index is 481. The summed E-state index contributed by atoms with van der Waals surface area (Å²) in [7, 11) is 0. The van der Waals surface area contributed by atoms with Crippen molar-refractivity contribution in [2.75, 3.05) is 23.8 Å². The molecule has 1 heterocycles. The largest absolute Gasteiger partial charge is 0.399 e. The summed E-state index contributed by atoms with van der Waals surface area (Å²) >= 11 is 13.9. The van der Waals surface area contributed by atoms with E-state index in [-0.39, 0.29) is 17.0 Å². The van der Waals surface area contributed by atoms with Crippen LogP contribution in [0.1, 0.15) is 17.3 Å². The van der Waals surface area contributed by atoms with E-state index in [1.165, 1.54) is 0 Å². The van der Waals surface area contributed by atoms with E-state index in [1.807, 2.05) is 23.6 Å². The van der Waals surface area contributed by atoms with Crippen LogP contribution >= 0.6 is 35.0 Å². The molecule has 1 aliphatic rings. The number of rotatable bonds is 1. The van der Waals surface area contributed by atoms with Crippen LogP contribution in [0.2, 0.25) is 10.0 Å². The molecule has 0 bridgehead atoms. The molecule has 1 aliphatic heterocycles. The summed E-state index contributed by atoms with van der Waals surface area (Å²) in [5.74, 6) is 1.80. The van der Waals surface area contributed by atoms with E-state index in [2.05, 4.69) is 0 Å². The fourth-order valence-electron chi connectivity index (χ4n) is 1.95. The summed E-state index contributed by atoms with van der Waals surface area (Å²) in [6.45, 7) is 2.76. The molecule has 0 saturated carbocycles. The van der Waals surface area contributed by atoms with E-state index >= 15 is 0 Å². The Kier molecular flexibility index (Phi) is 4.30. The molecule has 1 atom stereocenters. The number of benzene rings is 1. The van der Waals surface area contributed by atoms with Gasteiger partial charge in [0.2, 0.25) is 0 Å². The quantitative estimate of drug-likeness (QED) is 0.811. The summed E-state index contributed by atoms with van der Waals surface area (Å²) < 4.78 is 0. The molecular weight excluding hydrogens is 291 g/mol. The van der Waals surface area contributed by atoms with Gasteiger partial charge in [0.1, 0.15) is 0 Å². The van der Waals surface area contributed by atoms with E-state index in [4.69, 9.17) is 28.9 Å². The van der Waals surface area contributed by atoms with Crippen molar-refractivity contribution < 1.29 is 4.79 Å². The van der Waals surface area contributed by atoms with E-state index in [0.717, 1.165) is 18.1 Å². The van der Waals surface area contributed by atoms with Crippen molar-refractivity contribution in [3.05, 3.63) is 27.7 Å². The van der Waals surface area contributed by atoms with Crippen molar-refractivity contribution in [3.63, 3.8) is 0 Å². The van der Waals surface area contributed by atoms with Crippen molar-refractivity contribution >= 4 is 46.6 Å². The smallest absolute Gasteiger partial charge is 0.255 e. The molecule has 0 spiro atoms. The summed E-state index contributed by atoms with van der Waals surface area (Å²) in [5, 5.41) is 0.598. The standard InChI is InChI=1S/C12H14Cl2N2OS/c1-7-6-18-3-2-16(7)12(17)9-4-8(15)5-10(13)11(9)14/h4-5,7H,2-3,6,15H2,1H3. The normalized spacial score (nSPS) is 19.9. The first-order chi connectivity index (χ1) is 8.50. The van der Waals surface area contributed by atoms with Gasteiger partial charge in [0.25, 0.3) is 5.91 Å². The van der Waals surface area contributed by atoms with Gasteiger partial charge in [0, 0.05) is 29.8 Å². The Balaban J connectivity index is 2.33. The highest BCUT2D eigenvalue weighted by atomic mass is 35.5. The number of anilines is 1. The maximum Gasteiger partial charge on any atom is 0.255 e. The molecule has 18 heavy (non-hydrogen) atoms. The van der Waals surface area contributed by atoms with Crippen molar-refractivity contribution in [1.29, 1.82) is 0 Å². The van der Waals surface area contributed by atoms with Crippen LogP contribution in [0, 0.1) is 0 Å². The molecule has 1 amide bonds. The number of carbonyl (C=O) groups excluding carboxylic acids is 1. The van der Waals surface area contributed by atoms with Crippen molar-refractivity contribution in [1.82, 2.24) is 4.90 Å². The molecule has 0 aliphatic carbocycles. The molecule has 2 rings (SSSR count). The predicted octanol–water partition coefficient (Wildman–Crippen LogP) is 3.15. The molecule has 6 heteroatoms. The summed E-state index contributed by atoms with van der Waals surface area (Å²) in [5.41, 5.74) is 6.55. The lowest BCUT2D eigenvalue weighted by molar-refractivity contribution is 0.0716. The monoisotopic (exact) mass is 304 g/mol. The van der Waals surface area contributed by atoms with Gasteiger partial charge in [0.05, 0.1) is 15.6 Å². The van der Waals surface area contributed by atoms with Crippen LogP contribution in [-0.2, 0) is 0 Å². The minimum absolute atomic E-state index is 0.0954. The van der Waals surface area contributed by atoms with E-state index in [9.17, 15) is 4.79 Å². The van der Waals surface area contributed by atoms with E-state index < -0.39 is 0 Å². The highest BCUT2D eigenvalue weighted by molar-refractivity contribution is 7.99. The number of nitrogens with two attached hydrogens (primary N) is 1. The van der Waals surface area contributed by atoms with E-state index in [0.29, 0.717) is 16.3 Å². The van der Waals surface area contributed by atoms with Crippen molar-refractivity contribution in [2.45, 2.75) is 13.0 Å². The third-order valence-corrected chi connectivity index (χ3v) is 4.90. The van der Waals surface area contributed by atoms with Crippen LogP contribution in [0.25, 0.3) is 0 Å². The number of halogens is 2. The number of hydrogen-bond donors (Lipinski definition) is 1. The average molecular weight is 305 g/mol. The average Bonchev–Trinajstić information content (AvgIpc) is 2.33. The molecule has 1 saturated heterocycles. The fourth-order valence-corrected chi connectivity index (χ4v) is 3.38. The lowest BCUT2D eigenvalue weighted by Gasteiger charge is -2.33. The lowest BCUT2D eigenvalue weighted by Crippen LogP contribution is -2.44. The Morgan fingerprint density at radius 2 is 2.22 bits per heavy atom. The second kappa shape index (κ2) is 5.59. The molecule has 3 nitrogen and oxygen atoms in total. The molecule has 1 aromatic rings. The first kappa shape index (κ1) is 13.8. The zero-order valence-corrected chi connectivity index (χ0v) is 12.3. The first-order valence-corrected chi connectivity index (χ1v) is 7.55. The number of hydrogen-bond acceptors (Lipinski definition) is 3. The minimum Gasteiger partial charge on any atom is -0.399 e. The Morgan fingerprint density at radius 1 is 1.50 bits per heavy atom. The predicted molar refractivity (Wildman–Crippen MR) is 78.7 cm³/mol. The highest BCUT2D eigenvalue weighted by Crippen LogP contribution is 2.30. The number of thioether (sulfide) groups is 1. The van der Waals surface area contributed by atoms with Gasteiger partial charge in [-0.2, -0.15) is 11.8 Å². The van der Waals surface area contributed by atoms with Crippen molar-refractivity contribution in [2.24, 2.45) is 0 Å². The van der Waals surface area contributed by atoms with Crippen LogP contribution in [0.4, 0.5) is 5.69 Å². The molecule has 1 unspecified atom stereocenters. The highest BCUT2D eigenvalue weighted by Gasteiger charge is 2.26. The van der Waals surface area contributed by atoms with Gasteiger partial charge < -0.3 is 10.6 Å². The number of carbonyl (C=O) groups is 1. The van der Waals surface area contributed by atoms with E-state index in [1.54, 1.807) is 12.1 Å². The van der Waals surface area contributed by atoms with Crippen LogP contribution < -0.4 is 5.73 Å². The second-order valence-electron chi connectivity index (χ2n) is 4.29. The maximum absolute atomic E-state index is 12.5. The third-order valence-electron chi connectivity index (χ3n) is 2.91. The Morgan fingerprint density at radius 3 is 2.89 bits per heavy atom. The van der Waals surface area contributed by atoms with Gasteiger partial charge in [-0.3, -0.25) is 4.79 Å². The maximum atomic E-state index is 12.5. The first-order valence-electron chi connectivity index (χ1n) is 5.64. The number of amides is 1. The van der Waals surface area contributed by atoms with Gasteiger partial charge in [-0.1, -0.05) is 23.2 Å². The van der Waals surface area contributed by atoms with Gasteiger partial charge in [-0.05, 0) is 19.1 Å². The van der Waals surface area contributed by atoms with Gasteiger partial charge in [-0.15, -0.1) is 0 Å². The molecule has 0 aromatic heterocycles. The van der Waals surface area contributed by atoms with Crippen LogP contribution in [0.5, 0.6) is 0 Å². The zero-order chi connectivity index (χ0) is 13.3. The van der Waals surface area contributed by atoms with Gasteiger partial charge in [0.15, 0.2) is 0 Å².